The van der Waals surface area contributed by atoms with Gasteiger partial charge < -0.3 is 14.4 Å². The number of carbonyl (C=O) groups excluding carboxylic acids is 1. The normalized spacial score (nSPS) is 13.2. The lowest BCUT2D eigenvalue weighted by atomic mass is 10.1. The predicted octanol–water partition coefficient (Wildman–Crippen LogP) is 3.14. The molecule has 0 unspecified atom stereocenters. The summed E-state index contributed by atoms with van der Waals surface area (Å²) in [5.41, 5.74) is 1.63. The topological polar surface area (TPSA) is 38.8 Å². The second-order valence-corrected chi connectivity index (χ2v) is 5.27. The first-order valence-corrected chi connectivity index (χ1v) is 7.01. The van der Waals surface area contributed by atoms with E-state index < -0.39 is 11.6 Å². The molecular weight excluding hydrogens is 304 g/mol. The Morgan fingerprint density at radius 1 is 1.09 bits per heavy atom. The van der Waals surface area contributed by atoms with E-state index in [0.29, 0.717) is 29.2 Å². The van der Waals surface area contributed by atoms with Crippen LogP contribution in [0, 0.1) is 11.6 Å². The second kappa shape index (κ2) is 5.87. The molecule has 0 aliphatic carbocycles. The zero-order valence-corrected chi connectivity index (χ0v) is 12.7. The van der Waals surface area contributed by atoms with Crippen LogP contribution in [-0.4, -0.2) is 25.0 Å². The van der Waals surface area contributed by atoms with Gasteiger partial charge >= 0.3 is 0 Å². The molecule has 1 aliphatic rings. The van der Waals surface area contributed by atoms with Gasteiger partial charge in [0.25, 0.3) is 5.91 Å². The third-order valence-corrected chi connectivity index (χ3v) is 3.79. The first-order valence-electron chi connectivity index (χ1n) is 7.01. The summed E-state index contributed by atoms with van der Waals surface area (Å²) in [5, 5.41) is 0. The van der Waals surface area contributed by atoms with Gasteiger partial charge in [0.15, 0.2) is 11.5 Å². The van der Waals surface area contributed by atoms with E-state index in [0.717, 1.165) is 11.6 Å². The van der Waals surface area contributed by atoms with E-state index in [1.54, 1.807) is 12.1 Å². The lowest BCUT2D eigenvalue weighted by Crippen LogP contribution is -2.23. The van der Waals surface area contributed by atoms with Crippen LogP contribution >= 0.6 is 0 Å². The van der Waals surface area contributed by atoms with Gasteiger partial charge in [0, 0.05) is 19.2 Å². The van der Waals surface area contributed by atoms with E-state index >= 15 is 0 Å². The van der Waals surface area contributed by atoms with E-state index in [9.17, 15) is 13.6 Å². The Bertz CT molecular complexity index is 756. The van der Waals surface area contributed by atoms with Gasteiger partial charge in [-0.2, -0.15) is 0 Å². The summed E-state index contributed by atoms with van der Waals surface area (Å²) in [4.78, 5) is 14.1. The number of amides is 1. The summed E-state index contributed by atoms with van der Waals surface area (Å²) in [5.74, 6) is -0.728. The molecule has 0 atom stereocenters. The highest BCUT2D eigenvalue weighted by atomic mass is 19.1. The highest BCUT2D eigenvalue weighted by Crippen LogP contribution is 2.38. The van der Waals surface area contributed by atoms with Crippen molar-refractivity contribution < 1.29 is 23.0 Å². The molecule has 0 bridgehead atoms. The van der Waals surface area contributed by atoms with Gasteiger partial charge in [0.1, 0.15) is 11.6 Å². The fourth-order valence-corrected chi connectivity index (χ4v) is 2.82. The van der Waals surface area contributed by atoms with Crippen LogP contribution in [0.2, 0.25) is 0 Å². The van der Waals surface area contributed by atoms with Gasteiger partial charge in [-0.15, -0.1) is 0 Å². The smallest absolute Gasteiger partial charge is 0.258 e. The maximum Gasteiger partial charge on any atom is 0.258 e. The van der Waals surface area contributed by atoms with Crippen molar-refractivity contribution in [2.45, 2.75) is 13.1 Å². The lowest BCUT2D eigenvalue weighted by Gasteiger charge is -2.16. The highest BCUT2D eigenvalue weighted by molar-refractivity contribution is 6.01. The molecule has 0 radical (unpaired) electrons. The van der Waals surface area contributed by atoms with E-state index in [4.69, 9.17) is 9.47 Å². The van der Waals surface area contributed by atoms with Gasteiger partial charge in [-0.1, -0.05) is 6.07 Å². The van der Waals surface area contributed by atoms with Crippen LogP contribution < -0.4 is 9.47 Å². The molecule has 2 aromatic carbocycles. The third kappa shape index (κ3) is 2.72. The first kappa shape index (κ1) is 15.3. The number of carbonyl (C=O) groups is 1. The number of benzene rings is 2. The molecule has 1 aliphatic heterocycles. The third-order valence-electron chi connectivity index (χ3n) is 3.79. The van der Waals surface area contributed by atoms with E-state index in [1.807, 2.05) is 0 Å². The Balaban J connectivity index is 1.92. The highest BCUT2D eigenvalue weighted by Gasteiger charge is 2.32. The number of hydrogen-bond acceptors (Lipinski definition) is 3. The first-order chi connectivity index (χ1) is 11.0. The Kier molecular flexibility index (Phi) is 3.90. The standard InChI is InChI=1S/C17H15F2NO3/c1-22-14-4-3-11-9-20(17(21)15(11)16(14)23-2)8-10-5-12(18)7-13(19)6-10/h3-7H,8-9H2,1-2H3. The minimum absolute atomic E-state index is 0.119. The largest absolute Gasteiger partial charge is 0.493 e. The molecule has 0 N–H and O–H groups in total. The fourth-order valence-electron chi connectivity index (χ4n) is 2.82. The molecule has 1 amide bonds. The number of ether oxygens (including phenoxy) is 2. The molecule has 0 spiro atoms. The quantitative estimate of drug-likeness (QED) is 0.869. The maximum absolute atomic E-state index is 13.3. The van der Waals surface area contributed by atoms with Crippen molar-refractivity contribution in [3.63, 3.8) is 0 Å². The number of nitrogens with zero attached hydrogens (tertiary/aromatic N) is 1. The zero-order chi connectivity index (χ0) is 16.6. The number of rotatable bonds is 4. The predicted molar refractivity (Wildman–Crippen MR) is 79.5 cm³/mol. The number of fused-ring (bicyclic) bond motifs is 1. The summed E-state index contributed by atoms with van der Waals surface area (Å²) in [7, 11) is 2.97. The zero-order valence-electron chi connectivity index (χ0n) is 12.7. The van der Waals surface area contributed by atoms with E-state index in [-0.39, 0.29) is 12.5 Å². The van der Waals surface area contributed by atoms with Crippen LogP contribution in [0.4, 0.5) is 8.78 Å². The van der Waals surface area contributed by atoms with Crippen molar-refractivity contribution in [1.29, 1.82) is 0 Å². The van der Waals surface area contributed by atoms with Crippen LogP contribution in [0.5, 0.6) is 11.5 Å². The minimum atomic E-state index is -0.664. The minimum Gasteiger partial charge on any atom is -0.493 e. The molecule has 120 valence electrons. The van der Waals surface area contributed by atoms with Crippen LogP contribution in [0.3, 0.4) is 0 Å². The lowest BCUT2D eigenvalue weighted by molar-refractivity contribution is 0.0763. The summed E-state index contributed by atoms with van der Waals surface area (Å²) in [6.45, 7) is 0.473. The van der Waals surface area contributed by atoms with Gasteiger partial charge in [0.05, 0.1) is 19.8 Å². The van der Waals surface area contributed by atoms with Crippen molar-refractivity contribution in [2.24, 2.45) is 0 Å². The average molecular weight is 319 g/mol. The second-order valence-electron chi connectivity index (χ2n) is 5.27. The Morgan fingerprint density at radius 2 is 1.78 bits per heavy atom. The average Bonchev–Trinajstić information content (AvgIpc) is 2.81. The molecular formula is C17H15F2NO3. The van der Waals surface area contributed by atoms with Crippen molar-refractivity contribution in [3.05, 3.63) is 58.7 Å². The van der Waals surface area contributed by atoms with Crippen molar-refractivity contribution in [1.82, 2.24) is 4.90 Å². The Hall–Kier alpha value is -2.63. The molecule has 2 aromatic rings. The molecule has 3 rings (SSSR count). The molecule has 23 heavy (non-hydrogen) atoms. The number of halogens is 2. The van der Waals surface area contributed by atoms with Crippen molar-refractivity contribution >= 4 is 5.91 Å². The molecule has 6 heteroatoms. The van der Waals surface area contributed by atoms with Gasteiger partial charge in [0.2, 0.25) is 0 Å². The van der Waals surface area contributed by atoms with Crippen LogP contribution in [0.25, 0.3) is 0 Å². The molecule has 0 saturated carbocycles. The van der Waals surface area contributed by atoms with Gasteiger partial charge in [-0.25, -0.2) is 8.78 Å². The maximum atomic E-state index is 13.3. The van der Waals surface area contributed by atoms with Crippen molar-refractivity contribution in [2.75, 3.05) is 14.2 Å². The van der Waals surface area contributed by atoms with Gasteiger partial charge in [-0.3, -0.25) is 4.79 Å². The van der Waals surface area contributed by atoms with Crippen LogP contribution in [-0.2, 0) is 13.1 Å². The number of hydrogen-bond donors (Lipinski definition) is 0. The van der Waals surface area contributed by atoms with E-state index in [2.05, 4.69) is 0 Å². The molecule has 0 saturated heterocycles. The van der Waals surface area contributed by atoms with Crippen LogP contribution in [0.1, 0.15) is 21.5 Å². The monoisotopic (exact) mass is 319 g/mol. The summed E-state index contributed by atoms with van der Waals surface area (Å²) in [6.07, 6.45) is 0. The molecule has 1 heterocycles. The molecule has 4 nitrogen and oxygen atoms in total. The SMILES string of the molecule is COc1ccc2c(c1OC)C(=O)N(Cc1cc(F)cc(F)c1)C2. The van der Waals surface area contributed by atoms with E-state index in [1.165, 1.54) is 31.3 Å². The van der Waals surface area contributed by atoms with Crippen molar-refractivity contribution in [3.8, 4) is 11.5 Å². The summed E-state index contributed by atoms with van der Waals surface area (Å²) < 4.78 is 37.1. The summed E-state index contributed by atoms with van der Waals surface area (Å²) >= 11 is 0. The Labute approximate surface area is 132 Å². The molecule has 0 fully saturated rings. The van der Waals surface area contributed by atoms with Crippen LogP contribution in [0.15, 0.2) is 30.3 Å². The summed E-state index contributed by atoms with van der Waals surface area (Å²) in [6, 6.07) is 6.77. The number of methoxy groups -OCH3 is 2. The molecule has 0 aromatic heterocycles. The van der Waals surface area contributed by atoms with Gasteiger partial charge in [-0.05, 0) is 29.3 Å². The Morgan fingerprint density at radius 3 is 2.39 bits per heavy atom. The fraction of sp³-hybridized carbons (Fsp3) is 0.235.